The summed E-state index contributed by atoms with van der Waals surface area (Å²) in [5, 5.41) is 0. The predicted octanol–water partition coefficient (Wildman–Crippen LogP) is 3.96. The standard InChI is InChI=1S/C10H16F4/c1-3-9(6-8(9)4-5-11)7(2)10(12,13)14/h7-8H,3-6H2,1-2H3. The van der Waals surface area contributed by atoms with Crippen molar-refractivity contribution in [3.8, 4) is 0 Å². The summed E-state index contributed by atoms with van der Waals surface area (Å²) in [6, 6.07) is 0. The quantitative estimate of drug-likeness (QED) is 0.619. The van der Waals surface area contributed by atoms with Crippen LogP contribution in [0.15, 0.2) is 0 Å². The summed E-state index contributed by atoms with van der Waals surface area (Å²) in [4.78, 5) is 0. The average Bonchev–Trinajstić information content (AvgIpc) is 2.78. The summed E-state index contributed by atoms with van der Waals surface area (Å²) < 4.78 is 49.5. The van der Waals surface area contributed by atoms with Gasteiger partial charge in [0.25, 0.3) is 0 Å². The smallest absolute Gasteiger partial charge is 0.251 e. The molecule has 0 N–H and O–H groups in total. The van der Waals surface area contributed by atoms with Crippen LogP contribution in [0, 0.1) is 17.3 Å². The van der Waals surface area contributed by atoms with Crippen molar-refractivity contribution in [1.29, 1.82) is 0 Å². The van der Waals surface area contributed by atoms with E-state index in [0.29, 0.717) is 12.8 Å². The van der Waals surface area contributed by atoms with Crippen LogP contribution < -0.4 is 0 Å². The van der Waals surface area contributed by atoms with Crippen LogP contribution in [0.4, 0.5) is 17.6 Å². The van der Waals surface area contributed by atoms with Gasteiger partial charge in [-0.15, -0.1) is 0 Å². The van der Waals surface area contributed by atoms with E-state index in [-0.39, 0.29) is 12.3 Å². The molecule has 0 saturated heterocycles. The third-order valence-electron chi connectivity index (χ3n) is 3.75. The number of hydrogen-bond donors (Lipinski definition) is 0. The molecule has 3 unspecified atom stereocenters. The van der Waals surface area contributed by atoms with Crippen molar-refractivity contribution in [1.82, 2.24) is 0 Å². The van der Waals surface area contributed by atoms with Crippen molar-refractivity contribution in [2.75, 3.05) is 6.67 Å². The minimum absolute atomic E-state index is 0.0610. The highest BCUT2D eigenvalue weighted by Crippen LogP contribution is 2.64. The van der Waals surface area contributed by atoms with Gasteiger partial charge in [0.15, 0.2) is 0 Å². The van der Waals surface area contributed by atoms with Gasteiger partial charge in [-0.05, 0) is 30.6 Å². The van der Waals surface area contributed by atoms with Gasteiger partial charge in [0.1, 0.15) is 0 Å². The molecule has 0 aromatic heterocycles. The molecular formula is C10H16F4. The third kappa shape index (κ3) is 1.89. The lowest BCUT2D eigenvalue weighted by atomic mass is 9.84. The predicted molar refractivity (Wildman–Crippen MR) is 46.6 cm³/mol. The van der Waals surface area contributed by atoms with Gasteiger partial charge in [0.2, 0.25) is 0 Å². The summed E-state index contributed by atoms with van der Waals surface area (Å²) in [5.41, 5.74) is -0.662. The molecule has 1 saturated carbocycles. The molecule has 84 valence electrons. The van der Waals surface area contributed by atoms with Crippen LogP contribution >= 0.6 is 0 Å². The van der Waals surface area contributed by atoms with Crippen molar-refractivity contribution in [3.63, 3.8) is 0 Å². The fourth-order valence-corrected chi connectivity index (χ4v) is 2.52. The molecule has 0 aromatic rings. The van der Waals surface area contributed by atoms with Gasteiger partial charge in [-0.3, -0.25) is 4.39 Å². The summed E-state index contributed by atoms with van der Waals surface area (Å²) >= 11 is 0. The Labute approximate surface area is 81.7 Å². The fraction of sp³-hybridized carbons (Fsp3) is 1.00. The van der Waals surface area contributed by atoms with Gasteiger partial charge in [-0.1, -0.05) is 13.8 Å². The van der Waals surface area contributed by atoms with Gasteiger partial charge in [0.05, 0.1) is 12.6 Å². The van der Waals surface area contributed by atoms with E-state index in [1.807, 2.05) is 0 Å². The van der Waals surface area contributed by atoms with Crippen LogP contribution in [0.1, 0.15) is 33.1 Å². The zero-order valence-corrected chi connectivity index (χ0v) is 8.49. The number of alkyl halides is 4. The topological polar surface area (TPSA) is 0 Å². The maximum Gasteiger partial charge on any atom is 0.392 e. The zero-order valence-electron chi connectivity index (χ0n) is 8.49. The first-order chi connectivity index (χ1) is 6.38. The molecule has 0 aromatic carbocycles. The van der Waals surface area contributed by atoms with E-state index < -0.39 is 24.2 Å². The van der Waals surface area contributed by atoms with Crippen molar-refractivity contribution in [2.45, 2.75) is 39.3 Å². The Morgan fingerprint density at radius 2 is 2.00 bits per heavy atom. The van der Waals surface area contributed by atoms with Crippen LogP contribution in [0.5, 0.6) is 0 Å². The minimum atomic E-state index is -4.14. The van der Waals surface area contributed by atoms with E-state index >= 15 is 0 Å². The molecule has 3 atom stereocenters. The monoisotopic (exact) mass is 212 g/mol. The van der Waals surface area contributed by atoms with Crippen molar-refractivity contribution in [2.24, 2.45) is 17.3 Å². The van der Waals surface area contributed by atoms with Gasteiger partial charge in [-0.25, -0.2) is 0 Å². The molecular weight excluding hydrogens is 196 g/mol. The van der Waals surface area contributed by atoms with Crippen LogP contribution in [0.2, 0.25) is 0 Å². The Balaban J connectivity index is 2.65. The van der Waals surface area contributed by atoms with E-state index in [4.69, 9.17) is 0 Å². The van der Waals surface area contributed by atoms with Crippen molar-refractivity contribution >= 4 is 0 Å². The van der Waals surface area contributed by atoms with E-state index in [0.717, 1.165) is 0 Å². The van der Waals surface area contributed by atoms with Crippen molar-refractivity contribution < 1.29 is 17.6 Å². The highest BCUT2D eigenvalue weighted by atomic mass is 19.4. The lowest BCUT2D eigenvalue weighted by molar-refractivity contribution is -0.190. The van der Waals surface area contributed by atoms with E-state index in [9.17, 15) is 17.6 Å². The first kappa shape index (κ1) is 11.8. The number of rotatable bonds is 4. The van der Waals surface area contributed by atoms with Gasteiger partial charge >= 0.3 is 6.18 Å². The Morgan fingerprint density at radius 1 is 1.43 bits per heavy atom. The SMILES string of the molecule is CCC1(C(C)C(F)(F)F)CC1CCF. The Kier molecular flexibility index (Phi) is 3.12. The van der Waals surface area contributed by atoms with Crippen LogP contribution in [0.25, 0.3) is 0 Å². The molecule has 1 aliphatic carbocycles. The van der Waals surface area contributed by atoms with Gasteiger partial charge in [-0.2, -0.15) is 13.2 Å². The molecule has 0 radical (unpaired) electrons. The van der Waals surface area contributed by atoms with E-state index in [2.05, 4.69) is 0 Å². The molecule has 0 nitrogen and oxygen atoms in total. The second-order valence-electron chi connectivity index (χ2n) is 4.23. The molecule has 0 spiro atoms. The maximum absolute atomic E-state index is 12.5. The molecule has 1 fully saturated rings. The first-order valence-corrected chi connectivity index (χ1v) is 5.01. The third-order valence-corrected chi connectivity index (χ3v) is 3.75. The molecule has 4 heteroatoms. The van der Waals surface area contributed by atoms with E-state index in [1.54, 1.807) is 6.92 Å². The first-order valence-electron chi connectivity index (χ1n) is 5.01. The molecule has 1 aliphatic rings. The lowest BCUT2D eigenvalue weighted by Gasteiger charge is -2.26. The minimum Gasteiger partial charge on any atom is -0.251 e. The van der Waals surface area contributed by atoms with E-state index in [1.165, 1.54) is 6.92 Å². The van der Waals surface area contributed by atoms with Gasteiger partial charge < -0.3 is 0 Å². The second-order valence-corrected chi connectivity index (χ2v) is 4.23. The largest absolute Gasteiger partial charge is 0.392 e. The lowest BCUT2D eigenvalue weighted by Crippen LogP contribution is -2.30. The summed E-state index contributed by atoms with van der Waals surface area (Å²) in [5.74, 6) is -1.36. The van der Waals surface area contributed by atoms with Crippen molar-refractivity contribution in [3.05, 3.63) is 0 Å². The maximum atomic E-state index is 12.5. The van der Waals surface area contributed by atoms with Crippen LogP contribution in [0.3, 0.4) is 0 Å². The zero-order chi connectivity index (χ0) is 11.0. The summed E-state index contributed by atoms with van der Waals surface area (Å²) in [6.07, 6.45) is -2.82. The molecule has 1 rings (SSSR count). The van der Waals surface area contributed by atoms with Gasteiger partial charge in [0, 0.05) is 0 Å². The highest BCUT2D eigenvalue weighted by molar-refractivity contribution is 5.05. The fourth-order valence-electron chi connectivity index (χ4n) is 2.52. The summed E-state index contributed by atoms with van der Waals surface area (Å²) in [7, 11) is 0. The van der Waals surface area contributed by atoms with Crippen LogP contribution in [-0.4, -0.2) is 12.9 Å². The number of halogens is 4. The normalized spacial score (nSPS) is 34.3. The molecule has 0 aliphatic heterocycles. The summed E-state index contributed by atoms with van der Waals surface area (Å²) in [6.45, 7) is 2.49. The molecule has 14 heavy (non-hydrogen) atoms. The molecule has 0 heterocycles. The Hall–Kier alpha value is -0.280. The Bertz CT molecular complexity index is 199. The average molecular weight is 212 g/mol. The number of hydrogen-bond acceptors (Lipinski definition) is 0. The van der Waals surface area contributed by atoms with Crippen LogP contribution in [-0.2, 0) is 0 Å². The second kappa shape index (κ2) is 3.70. The highest BCUT2D eigenvalue weighted by Gasteiger charge is 2.62. The molecule has 0 bridgehead atoms. The molecule has 0 amide bonds. The Morgan fingerprint density at radius 3 is 2.36 bits per heavy atom.